The molecule has 0 spiro atoms. The highest BCUT2D eigenvalue weighted by atomic mass is 16.5. The van der Waals surface area contributed by atoms with Crippen molar-refractivity contribution in [1.82, 2.24) is 4.90 Å². The van der Waals surface area contributed by atoms with Gasteiger partial charge < -0.3 is 20.3 Å². The van der Waals surface area contributed by atoms with Crippen LogP contribution < -0.4 is 10.6 Å². The molecule has 102 valence electrons. The summed E-state index contributed by atoms with van der Waals surface area (Å²) in [5, 5.41) is 6.63. The van der Waals surface area contributed by atoms with Crippen LogP contribution in [0.3, 0.4) is 0 Å². The Kier molecular flexibility index (Phi) is 3.29. The third-order valence-corrected chi connectivity index (χ3v) is 3.80. The van der Waals surface area contributed by atoms with Gasteiger partial charge in [-0.1, -0.05) is 6.07 Å². The van der Waals surface area contributed by atoms with E-state index in [4.69, 9.17) is 4.74 Å². The monoisotopic (exact) mass is 261 g/mol. The molecular formula is C14H19N3O2. The molecule has 0 aliphatic carbocycles. The second-order valence-electron chi connectivity index (χ2n) is 4.98. The van der Waals surface area contributed by atoms with E-state index in [1.165, 1.54) is 0 Å². The molecule has 0 bridgehead atoms. The predicted molar refractivity (Wildman–Crippen MR) is 74.7 cm³/mol. The van der Waals surface area contributed by atoms with Crippen molar-refractivity contribution in [3.05, 3.63) is 23.8 Å². The Morgan fingerprint density at radius 3 is 3.00 bits per heavy atom. The minimum Gasteiger partial charge on any atom is -0.382 e. The summed E-state index contributed by atoms with van der Waals surface area (Å²) in [7, 11) is 1.70. The minimum absolute atomic E-state index is 0.0904. The summed E-state index contributed by atoms with van der Waals surface area (Å²) in [4.78, 5) is 14.5. The van der Waals surface area contributed by atoms with Crippen LogP contribution in [0, 0.1) is 0 Å². The SMILES string of the molecule is COC1CCN(C(=O)c2cccc3c2NCCN3)C1. The summed E-state index contributed by atoms with van der Waals surface area (Å²) >= 11 is 0. The Balaban J connectivity index is 1.84. The van der Waals surface area contributed by atoms with Gasteiger partial charge in [-0.3, -0.25) is 4.79 Å². The average Bonchev–Trinajstić information content (AvgIpc) is 2.95. The van der Waals surface area contributed by atoms with E-state index >= 15 is 0 Å². The molecule has 1 atom stereocenters. The highest BCUT2D eigenvalue weighted by Gasteiger charge is 2.28. The largest absolute Gasteiger partial charge is 0.382 e. The van der Waals surface area contributed by atoms with E-state index in [1.54, 1.807) is 7.11 Å². The van der Waals surface area contributed by atoms with Crippen molar-refractivity contribution in [2.24, 2.45) is 0 Å². The number of methoxy groups -OCH3 is 1. The zero-order chi connectivity index (χ0) is 13.2. The predicted octanol–water partition coefficient (Wildman–Crippen LogP) is 1.38. The molecule has 1 amide bonds. The maximum absolute atomic E-state index is 12.6. The molecule has 1 fully saturated rings. The van der Waals surface area contributed by atoms with Gasteiger partial charge in [0.15, 0.2) is 0 Å². The third kappa shape index (κ3) is 2.26. The van der Waals surface area contributed by atoms with Crippen molar-refractivity contribution in [3.8, 4) is 0 Å². The number of carbonyl (C=O) groups is 1. The van der Waals surface area contributed by atoms with Gasteiger partial charge in [0.1, 0.15) is 0 Å². The number of hydrogen-bond acceptors (Lipinski definition) is 4. The van der Waals surface area contributed by atoms with Gasteiger partial charge in [0.25, 0.3) is 5.91 Å². The van der Waals surface area contributed by atoms with Gasteiger partial charge in [-0.25, -0.2) is 0 Å². The number of fused-ring (bicyclic) bond motifs is 1. The van der Waals surface area contributed by atoms with Crippen LogP contribution in [0.1, 0.15) is 16.8 Å². The van der Waals surface area contributed by atoms with Gasteiger partial charge in [-0.15, -0.1) is 0 Å². The lowest BCUT2D eigenvalue weighted by Gasteiger charge is -2.24. The number of likely N-dealkylation sites (tertiary alicyclic amines) is 1. The molecular weight excluding hydrogens is 242 g/mol. The first-order chi connectivity index (χ1) is 9.29. The normalized spacial score (nSPS) is 21.5. The van der Waals surface area contributed by atoms with Gasteiger partial charge >= 0.3 is 0 Å². The number of rotatable bonds is 2. The molecule has 2 aliphatic heterocycles. The summed E-state index contributed by atoms with van der Waals surface area (Å²) in [5.74, 6) is 0.0904. The molecule has 2 N–H and O–H groups in total. The molecule has 5 heteroatoms. The van der Waals surface area contributed by atoms with E-state index in [0.29, 0.717) is 6.54 Å². The van der Waals surface area contributed by atoms with Crippen molar-refractivity contribution in [3.63, 3.8) is 0 Å². The Morgan fingerprint density at radius 1 is 1.37 bits per heavy atom. The zero-order valence-electron chi connectivity index (χ0n) is 11.1. The molecule has 2 aliphatic rings. The van der Waals surface area contributed by atoms with Crippen LogP contribution in [0.2, 0.25) is 0 Å². The number of para-hydroxylation sites is 1. The van der Waals surface area contributed by atoms with Crippen LogP contribution in [0.4, 0.5) is 11.4 Å². The number of benzene rings is 1. The zero-order valence-corrected chi connectivity index (χ0v) is 11.1. The fourth-order valence-electron chi connectivity index (χ4n) is 2.73. The lowest BCUT2D eigenvalue weighted by Crippen LogP contribution is -2.31. The van der Waals surface area contributed by atoms with E-state index in [9.17, 15) is 4.79 Å². The van der Waals surface area contributed by atoms with Gasteiger partial charge in [-0.2, -0.15) is 0 Å². The number of amides is 1. The molecule has 0 saturated carbocycles. The van der Waals surface area contributed by atoms with Crippen molar-refractivity contribution >= 4 is 17.3 Å². The summed E-state index contributed by atoms with van der Waals surface area (Å²) in [6, 6.07) is 5.82. The molecule has 0 radical (unpaired) electrons. The number of nitrogens with one attached hydrogen (secondary N) is 2. The fraction of sp³-hybridized carbons (Fsp3) is 0.500. The first kappa shape index (κ1) is 12.3. The number of nitrogens with zero attached hydrogens (tertiary/aromatic N) is 1. The highest BCUT2D eigenvalue weighted by Crippen LogP contribution is 2.30. The van der Waals surface area contributed by atoms with Crippen molar-refractivity contribution in [1.29, 1.82) is 0 Å². The van der Waals surface area contributed by atoms with Crippen LogP contribution in [-0.2, 0) is 4.74 Å². The first-order valence-corrected chi connectivity index (χ1v) is 6.72. The van der Waals surface area contributed by atoms with Crippen molar-refractivity contribution in [2.45, 2.75) is 12.5 Å². The van der Waals surface area contributed by atoms with Gasteiger partial charge in [-0.05, 0) is 18.6 Å². The van der Waals surface area contributed by atoms with Gasteiger partial charge in [0.05, 0.1) is 23.0 Å². The maximum Gasteiger partial charge on any atom is 0.256 e. The molecule has 3 rings (SSSR count). The standard InChI is InChI=1S/C14H19N3O2/c1-19-10-5-8-17(9-10)14(18)11-3-2-4-12-13(11)16-7-6-15-12/h2-4,10,15-16H,5-9H2,1H3. The van der Waals surface area contributed by atoms with Crippen LogP contribution in [0.5, 0.6) is 0 Å². The smallest absolute Gasteiger partial charge is 0.256 e. The number of anilines is 2. The minimum atomic E-state index is 0.0904. The summed E-state index contributed by atoms with van der Waals surface area (Å²) < 4.78 is 5.32. The second kappa shape index (κ2) is 5.09. The van der Waals surface area contributed by atoms with E-state index < -0.39 is 0 Å². The van der Waals surface area contributed by atoms with Crippen molar-refractivity contribution in [2.75, 3.05) is 43.9 Å². The van der Waals surface area contributed by atoms with Gasteiger partial charge in [0.2, 0.25) is 0 Å². The molecule has 1 aromatic rings. The highest BCUT2D eigenvalue weighted by molar-refractivity contribution is 6.03. The maximum atomic E-state index is 12.6. The molecule has 5 nitrogen and oxygen atoms in total. The summed E-state index contributed by atoms with van der Waals surface area (Å²) in [5.41, 5.74) is 2.70. The Bertz CT molecular complexity index is 490. The van der Waals surface area contributed by atoms with Gasteiger partial charge in [0, 0.05) is 33.3 Å². The molecule has 1 aromatic carbocycles. The number of hydrogen-bond donors (Lipinski definition) is 2. The summed E-state index contributed by atoms with van der Waals surface area (Å²) in [6.07, 6.45) is 1.10. The molecule has 2 heterocycles. The quantitative estimate of drug-likeness (QED) is 0.844. The van der Waals surface area contributed by atoms with E-state index in [0.717, 1.165) is 43.0 Å². The van der Waals surface area contributed by atoms with E-state index in [2.05, 4.69) is 10.6 Å². The number of carbonyl (C=O) groups excluding carboxylic acids is 1. The third-order valence-electron chi connectivity index (χ3n) is 3.80. The lowest BCUT2D eigenvalue weighted by molar-refractivity contribution is 0.0725. The fourth-order valence-corrected chi connectivity index (χ4v) is 2.73. The Labute approximate surface area is 112 Å². The van der Waals surface area contributed by atoms with E-state index in [-0.39, 0.29) is 12.0 Å². The Hall–Kier alpha value is -1.75. The molecule has 1 saturated heterocycles. The molecule has 19 heavy (non-hydrogen) atoms. The van der Waals surface area contributed by atoms with Crippen LogP contribution in [-0.4, -0.2) is 50.2 Å². The second-order valence-corrected chi connectivity index (χ2v) is 4.98. The van der Waals surface area contributed by atoms with E-state index in [1.807, 2.05) is 23.1 Å². The van der Waals surface area contributed by atoms with Crippen molar-refractivity contribution < 1.29 is 9.53 Å². The summed E-state index contributed by atoms with van der Waals surface area (Å²) in [6.45, 7) is 3.19. The van der Waals surface area contributed by atoms with Crippen LogP contribution in [0.15, 0.2) is 18.2 Å². The lowest BCUT2D eigenvalue weighted by atomic mass is 10.1. The van der Waals surface area contributed by atoms with Crippen LogP contribution in [0.25, 0.3) is 0 Å². The average molecular weight is 261 g/mol. The topological polar surface area (TPSA) is 53.6 Å². The molecule has 1 unspecified atom stereocenters. The Morgan fingerprint density at radius 2 is 2.21 bits per heavy atom. The molecule has 0 aromatic heterocycles. The van der Waals surface area contributed by atoms with Crippen LogP contribution >= 0.6 is 0 Å². The first-order valence-electron chi connectivity index (χ1n) is 6.72. The number of ether oxygens (including phenoxy) is 1.